The first kappa shape index (κ1) is 29.9. The Bertz CT molecular complexity index is 1620. The quantitative estimate of drug-likeness (QED) is 0.176. The Hall–Kier alpha value is -4.08. The number of ether oxygens (including phenoxy) is 1. The van der Waals surface area contributed by atoms with Crippen LogP contribution in [0.3, 0.4) is 0 Å². The number of carbonyl (C=O) groups is 2. The Kier molecular flexibility index (Phi) is 9.52. The number of rotatable bonds is 9. The molecule has 0 aliphatic heterocycles. The summed E-state index contributed by atoms with van der Waals surface area (Å²) in [5, 5.41) is 3.62. The highest BCUT2D eigenvalue weighted by Gasteiger charge is 2.21. The van der Waals surface area contributed by atoms with E-state index in [-0.39, 0.29) is 11.7 Å². The Labute approximate surface area is 247 Å². The summed E-state index contributed by atoms with van der Waals surface area (Å²) in [6, 6.07) is 19.2. The van der Waals surface area contributed by atoms with Gasteiger partial charge in [0, 0.05) is 54.9 Å². The zero-order valence-electron chi connectivity index (χ0n) is 24.3. The number of carbonyl (C=O) groups excluding carboxylic acids is 2. The third-order valence-corrected chi connectivity index (χ3v) is 7.12. The number of Topliss-reactive ketones (excluding diaryl/α,β-unsaturated/α-hetero) is 1. The van der Waals surface area contributed by atoms with E-state index < -0.39 is 5.41 Å². The molecule has 0 aliphatic rings. The number of hydrogen-bond acceptors (Lipinski definition) is 4. The topological polar surface area (TPSA) is 73.2 Å². The number of nitrogens with zero attached hydrogens (tertiary/aromatic N) is 2. The van der Waals surface area contributed by atoms with E-state index in [4.69, 9.17) is 21.3 Å². The number of amides is 1. The predicted octanol–water partition coefficient (Wildman–Crippen LogP) is 6.89. The molecule has 7 heteroatoms. The largest absolute Gasteiger partial charge is 0.493 e. The number of hydrogen-bond donors (Lipinski definition) is 1. The first-order chi connectivity index (χ1) is 19.6. The van der Waals surface area contributed by atoms with Gasteiger partial charge in [0.25, 0.3) is 0 Å². The van der Waals surface area contributed by atoms with Gasteiger partial charge in [0.2, 0.25) is 5.91 Å². The van der Waals surface area contributed by atoms with Crippen molar-refractivity contribution in [2.45, 2.75) is 53.5 Å². The number of ketones is 1. The first-order valence-electron chi connectivity index (χ1n) is 13.8. The lowest BCUT2D eigenvalue weighted by Gasteiger charge is -2.18. The molecule has 3 aromatic carbocycles. The highest BCUT2D eigenvalue weighted by molar-refractivity contribution is 6.31. The van der Waals surface area contributed by atoms with Crippen LogP contribution in [0.1, 0.15) is 73.4 Å². The minimum absolute atomic E-state index is 0.0111. The molecule has 6 nitrogen and oxygen atoms in total. The summed E-state index contributed by atoms with van der Waals surface area (Å²) in [5.41, 5.74) is 4.44. The fraction of sp³-hybridized carbons (Fsp3) is 0.324. The molecule has 41 heavy (non-hydrogen) atoms. The van der Waals surface area contributed by atoms with E-state index in [2.05, 4.69) is 17.2 Å². The zero-order valence-corrected chi connectivity index (χ0v) is 25.1. The molecule has 0 aliphatic carbocycles. The van der Waals surface area contributed by atoms with Gasteiger partial charge in [0.15, 0.2) is 5.78 Å². The molecule has 212 valence electrons. The maximum absolute atomic E-state index is 13.2. The predicted molar refractivity (Wildman–Crippen MR) is 164 cm³/mol. The lowest BCUT2D eigenvalue weighted by molar-refractivity contribution is -0.128. The van der Waals surface area contributed by atoms with Gasteiger partial charge in [-0.3, -0.25) is 9.59 Å². The molecule has 1 amide bonds. The van der Waals surface area contributed by atoms with Crippen LogP contribution in [0.2, 0.25) is 5.02 Å². The van der Waals surface area contributed by atoms with Crippen LogP contribution >= 0.6 is 11.6 Å². The molecular weight excluding hydrogens is 534 g/mol. The van der Waals surface area contributed by atoms with E-state index in [1.165, 1.54) is 0 Å². The number of halogens is 1. The van der Waals surface area contributed by atoms with Gasteiger partial charge in [-0.15, -0.1) is 0 Å². The van der Waals surface area contributed by atoms with E-state index in [1.54, 1.807) is 0 Å². The van der Waals surface area contributed by atoms with Gasteiger partial charge in [-0.2, -0.15) is 0 Å². The molecule has 1 aromatic heterocycles. The van der Waals surface area contributed by atoms with Crippen molar-refractivity contribution in [1.82, 2.24) is 14.9 Å². The number of nitrogens with one attached hydrogen (secondary N) is 1. The van der Waals surface area contributed by atoms with Gasteiger partial charge in [0.05, 0.1) is 23.2 Å². The minimum atomic E-state index is -0.460. The Morgan fingerprint density at radius 1 is 1.07 bits per heavy atom. The standard InChI is InChI=1S/C34H36ClN3O3/c1-6-41-31-21-29-28(20-26(31)30(39)15-11-10-14-23-12-8-7-9-13-23)37-32(38(29)5)19-25-18-24(16-17-27(25)35)22-36-33(40)34(2,3)4/h7-9,12-13,16-18,20-21H,6,11,15,19,22H2,1-5H3,(H,36,40). The average Bonchev–Trinajstić information content (AvgIpc) is 3.24. The van der Waals surface area contributed by atoms with Crippen molar-refractivity contribution in [3.8, 4) is 17.6 Å². The van der Waals surface area contributed by atoms with Crippen molar-refractivity contribution >= 4 is 34.3 Å². The summed E-state index contributed by atoms with van der Waals surface area (Å²) in [7, 11) is 1.95. The summed E-state index contributed by atoms with van der Waals surface area (Å²) < 4.78 is 7.88. The van der Waals surface area contributed by atoms with E-state index in [9.17, 15) is 9.59 Å². The highest BCUT2D eigenvalue weighted by Crippen LogP contribution is 2.29. The van der Waals surface area contributed by atoms with Crippen LogP contribution in [-0.4, -0.2) is 27.8 Å². The summed E-state index contributed by atoms with van der Waals surface area (Å²) in [6.07, 6.45) is 1.24. The molecule has 0 saturated heterocycles. The smallest absolute Gasteiger partial charge is 0.225 e. The van der Waals surface area contributed by atoms with Gasteiger partial charge in [-0.05, 0) is 42.3 Å². The molecule has 4 rings (SSSR count). The molecule has 0 bridgehead atoms. The summed E-state index contributed by atoms with van der Waals surface area (Å²) >= 11 is 6.57. The maximum atomic E-state index is 13.2. The molecule has 0 spiro atoms. The molecule has 0 saturated carbocycles. The third-order valence-electron chi connectivity index (χ3n) is 6.75. The highest BCUT2D eigenvalue weighted by atomic mass is 35.5. The van der Waals surface area contributed by atoms with E-state index in [0.29, 0.717) is 48.7 Å². The van der Waals surface area contributed by atoms with Gasteiger partial charge in [-0.25, -0.2) is 4.98 Å². The lowest BCUT2D eigenvalue weighted by atomic mass is 9.95. The number of aromatic nitrogens is 2. The molecule has 0 fully saturated rings. The monoisotopic (exact) mass is 569 g/mol. The number of fused-ring (bicyclic) bond motifs is 1. The van der Waals surface area contributed by atoms with Crippen LogP contribution in [0.25, 0.3) is 11.0 Å². The normalized spacial score (nSPS) is 11.2. The number of benzene rings is 3. The third kappa shape index (κ3) is 7.56. The molecule has 0 unspecified atom stereocenters. The maximum Gasteiger partial charge on any atom is 0.225 e. The van der Waals surface area contributed by atoms with Crippen LogP contribution < -0.4 is 10.1 Å². The van der Waals surface area contributed by atoms with Crippen molar-refractivity contribution in [2.75, 3.05) is 6.61 Å². The average molecular weight is 570 g/mol. The van der Waals surface area contributed by atoms with E-state index >= 15 is 0 Å². The van der Waals surface area contributed by atoms with Crippen LogP contribution in [0.15, 0.2) is 60.7 Å². The van der Waals surface area contributed by atoms with Crippen LogP contribution in [0.4, 0.5) is 0 Å². The number of imidazole rings is 1. The molecule has 0 atom stereocenters. The Balaban J connectivity index is 1.55. The van der Waals surface area contributed by atoms with Gasteiger partial charge >= 0.3 is 0 Å². The first-order valence-corrected chi connectivity index (χ1v) is 14.2. The zero-order chi connectivity index (χ0) is 29.6. The van der Waals surface area contributed by atoms with Crippen LogP contribution in [-0.2, 0) is 24.8 Å². The summed E-state index contributed by atoms with van der Waals surface area (Å²) in [4.78, 5) is 30.4. The van der Waals surface area contributed by atoms with Crippen molar-refractivity contribution in [3.63, 3.8) is 0 Å². The SMILES string of the molecule is CCOc1cc2c(cc1C(=O)CCC#Cc1ccccc1)nc(Cc1cc(CNC(=O)C(C)(C)C)ccc1Cl)n2C. The molecule has 0 radical (unpaired) electrons. The summed E-state index contributed by atoms with van der Waals surface area (Å²) in [6.45, 7) is 8.42. The Morgan fingerprint density at radius 3 is 2.54 bits per heavy atom. The van der Waals surface area contributed by atoms with Crippen molar-refractivity contribution < 1.29 is 14.3 Å². The molecule has 1 N–H and O–H groups in total. The second-order valence-corrected chi connectivity index (χ2v) is 11.4. The van der Waals surface area contributed by atoms with Crippen LogP contribution in [0.5, 0.6) is 5.75 Å². The lowest BCUT2D eigenvalue weighted by Crippen LogP contribution is -2.34. The van der Waals surface area contributed by atoms with Crippen molar-refractivity contribution in [3.05, 3.63) is 93.8 Å². The van der Waals surface area contributed by atoms with Crippen molar-refractivity contribution in [1.29, 1.82) is 0 Å². The van der Waals surface area contributed by atoms with Crippen molar-refractivity contribution in [2.24, 2.45) is 12.5 Å². The second kappa shape index (κ2) is 13.1. The molecular formula is C34H36ClN3O3. The number of aryl methyl sites for hydroxylation is 1. The second-order valence-electron chi connectivity index (χ2n) is 11.0. The van der Waals surface area contributed by atoms with E-state index in [1.807, 2.05) is 100.0 Å². The minimum Gasteiger partial charge on any atom is -0.493 e. The van der Waals surface area contributed by atoms with Crippen LogP contribution in [0, 0.1) is 17.3 Å². The van der Waals surface area contributed by atoms with Gasteiger partial charge in [0.1, 0.15) is 11.6 Å². The van der Waals surface area contributed by atoms with Gasteiger partial charge < -0.3 is 14.6 Å². The van der Waals surface area contributed by atoms with Gasteiger partial charge in [-0.1, -0.05) is 74.5 Å². The summed E-state index contributed by atoms with van der Waals surface area (Å²) in [5.74, 6) is 7.51. The molecule has 4 aromatic rings. The Morgan fingerprint density at radius 2 is 1.83 bits per heavy atom. The van der Waals surface area contributed by atoms with E-state index in [0.717, 1.165) is 33.5 Å². The molecule has 1 heterocycles. The fourth-order valence-electron chi connectivity index (χ4n) is 4.41. The fourth-order valence-corrected chi connectivity index (χ4v) is 4.59.